The van der Waals surface area contributed by atoms with Crippen molar-refractivity contribution >= 4 is 5.97 Å². The summed E-state index contributed by atoms with van der Waals surface area (Å²) in [7, 11) is 3.61. The molecular formula is C7H14N2O2. The van der Waals surface area contributed by atoms with Crippen LogP contribution in [0.15, 0.2) is 0 Å². The van der Waals surface area contributed by atoms with E-state index in [9.17, 15) is 4.79 Å². The minimum absolute atomic E-state index is 0.551. The van der Waals surface area contributed by atoms with Crippen molar-refractivity contribution < 1.29 is 9.90 Å². The van der Waals surface area contributed by atoms with Crippen molar-refractivity contribution in [3.8, 4) is 0 Å². The normalized spacial score (nSPS) is 31.2. The zero-order chi connectivity index (χ0) is 8.48. The minimum Gasteiger partial charge on any atom is -0.480 e. The van der Waals surface area contributed by atoms with Gasteiger partial charge in [0.25, 0.3) is 0 Å². The van der Waals surface area contributed by atoms with Crippen LogP contribution in [0, 0.1) is 0 Å². The van der Waals surface area contributed by atoms with Crippen LogP contribution in [0.2, 0.25) is 0 Å². The molecule has 0 radical (unpaired) electrons. The molecule has 1 aliphatic heterocycles. The molecule has 1 rings (SSSR count). The smallest absolute Gasteiger partial charge is 0.325 e. The topological polar surface area (TPSA) is 52.6 Å². The standard InChI is InChI=1S/C7H14N2O2/c1-9(2)7(6(10)11)3-4-8-5-7/h8H,3-5H2,1-2H3,(H,10,11). The van der Waals surface area contributed by atoms with Crippen molar-refractivity contribution in [2.45, 2.75) is 12.0 Å². The highest BCUT2D eigenvalue weighted by Crippen LogP contribution is 2.20. The van der Waals surface area contributed by atoms with Gasteiger partial charge >= 0.3 is 5.97 Å². The molecule has 0 aromatic rings. The van der Waals surface area contributed by atoms with Crippen molar-refractivity contribution in [1.82, 2.24) is 10.2 Å². The van der Waals surface area contributed by atoms with E-state index < -0.39 is 11.5 Å². The van der Waals surface area contributed by atoms with Gasteiger partial charge in [0.05, 0.1) is 0 Å². The molecule has 4 heteroatoms. The second kappa shape index (κ2) is 2.79. The fraction of sp³-hybridized carbons (Fsp3) is 0.857. The third kappa shape index (κ3) is 1.23. The van der Waals surface area contributed by atoms with Crippen molar-refractivity contribution in [3.05, 3.63) is 0 Å². The van der Waals surface area contributed by atoms with E-state index in [0.717, 1.165) is 6.54 Å². The summed E-state index contributed by atoms with van der Waals surface area (Å²) in [6.07, 6.45) is 0.690. The zero-order valence-electron chi connectivity index (χ0n) is 6.92. The van der Waals surface area contributed by atoms with Gasteiger partial charge in [-0.05, 0) is 27.1 Å². The number of carbonyl (C=O) groups is 1. The van der Waals surface area contributed by atoms with Crippen molar-refractivity contribution in [3.63, 3.8) is 0 Å². The average molecular weight is 158 g/mol. The maximum Gasteiger partial charge on any atom is 0.325 e. The van der Waals surface area contributed by atoms with Crippen LogP contribution in [0.1, 0.15) is 6.42 Å². The highest BCUT2D eigenvalue weighted by Gasteiger charge is 2.43. The summed E-state index contributed by atoms with van der Waals surface area (Å²) in [5.74, 6) is -0.729. The highest BCUT2D eigenvalue weighted by atomic mass is 16.4. The van der Waals surface area contributed by atoms with E-state index in [4.69, 9.17) is 5.11 Å². The number of hydrogen-bond acceptors (Lipinski definition) is 3. The first-order chi connectivity index (χ1) is 5.09. The van der Waals surface area contributed by atoms with Crippen LogP contribution < -0.4 is 5.32 Å². The van der Waals surface area contributed by atoms with Gasteiger partial charge in [0, 0.05) is 6.54 Å². The Morgan fingerprint density at radius 1 is 1.64 bits per heavy atom. The second-order valence-corrected chi connectivity index (χ2v) is 3.16. The van der Waals surface area contributed by atoms with Gasteiger partial charge in [-0.3, -0.25) is 9.69 Å². The van der Waals surface area contributed by atoms with Gasteiger partial charge < -0.3 is 10.4 Å². The summed E-state index contributed by atoms with van der Waals surface area (Å²) in [6, 6.07) is 0. The van der Waals surface area contributed by atoms with E-state index in [1.165, 1.54) is 0 Å². The monoisotopic (exact) mass is 158 g/mol. The molecule has 1 saturated heterocycles. The molecule has 2 N–H and O–H groups in total. The van der Waals surface area contributed by atoms with E-state index in [0.29, 0.717) is 13.0 Å². The van der Waals surface area contributed by atoms with Crippen LogP contribution in [0.5, 0.6) is 0 Å². The summed E-state index contributed by atoms with van der Waals surface area (Å²) >= 11 is 0. The molecular weight excluding hydrogens is 144 g/mol. The van der Waals surface area contributed by atoms with Gasteiger partial charge in [-0.25, -0.2) is 0 Å². The van der Waals surface area contributed by atoms with Crippen LogP contribution in [-0.4, -0.2) is 48.7 Å². The van der Waals surface area contributed by atoms with Gasteiger partial charge in [0.2, 0.25) is 0 Å². The van der Waals surface area contributed by atoms with E-state index in [2.05, 4.69) is 5.32 Å². The molecule has 1 heterocycles. The molecule has 0 saturated carbocycles. The minimum atomic E-state index is -0.729. The number of rotatable bonds is 2. The number of carboxylic acid groups (broad SMARTS) is 1. The first kappa shape index (κ1) is 8.49. The van der Waals surface area contributed by atoms with Gasteiger partial charge in [0.1, 0.15) is 5.54 Å². The number of hydrogen-bond donors (Lipinski definition) is 2. The summed E-state index contributed by atoms with van der Waals surface area (Å²) in [6.45, 7) is 1.35. The second-order valence-electron chi connectivity index (χ2n) is 3.16. The largest absolute Gasteiger partial charge is 0.480 e. The Hall–Kier alpha value is -0.610. The fourth-order valence-corrected chi connectivity index (χ4v) is 1.43. The lowest BCUT2D eigenvalue weighted by atomic mass is 9.98. The Morgan fingerprint density at radius 2 is 2.27 bits per heavy atom. The lowest BCUT2D eigenvalue weighted by Gasteiger charge is -2.30. The predicted octanol–water partition coefficient (Wildman–Crippen LogP) is -0.635. The first-order valence-electron chi connectivity index (χ1n) is 3.71. The van der Waals surface area contributed by atoms with E-state index >= 15 is 0 Å². The summed E-state index contributed by atoms with van der Waals surface area (Å²) in [5.41, 5.74) is -0.667. The van der Waals surface area contributed by atoms with Gasteiger partial charge in [0.15, 0.2) is 0 Å². The van der Waals surface area contributed by atoms with Crippen molar-refractivity contribution in [1.29, 1.82) is 0 Å². The SMILES string of the molecule is CN(C)C1(C(=O)O)CCNC1. The van der Waals surface area contributed by atoms with Crippen molar-refractivity contribution in [2.75, 3.05) is 27.2 Å². The Kier molecular flexibility index (Phi) is 2.15. The van der Waals surface area contributed by atoms with Crippen LogP contribution in [-0.2, 0) is 4.79 Å². The average Bonchev–Trinajstić information content (AvgIpc) is 2.34. The molecule has 1 unspecified atom stereocenters. The van der Waals surface area contributed by atoms with Crippen molar-refractivity contribution in [2.24, 2.45) is 0 Å². The molecule has 0 amide bonds. The molecule has 64 valence electrons. The lowest BCUT2D eigenvalue weighted by Crippen LogP contribution is -2.52. The molecule has 1 atom stereocenters. The third-order valence-electron chi connectivity index (χ3n) is 2.39. The molecule has 11 heavy (non-hydrogen) atoms. The Bertz CT molecular complexity index is 162. The van der Waals surface area contributed by atoms with Crippen LogP contribution in [0.4, 0.5) is 0 Å². The van der Waals surface area contributed by atoms with Gasteiger partial charge in [-0.2, -0.15) is 0 Å². The maximum absolute atomic E-state index is 10.9. The zero-order valence-corrected chi connectivity index (χ0v) is 6.92. The lowest BCUT2D eigenvalue weighted by molar-refractivity contribution is -0.148. The number of nitrogens with zero attached hydrogens (tertiary/aromatic N) is 1. The maximum atomic E-state index is 10.9. The summed E-state index contributed by atoms with van der Waals surface area (Å²) in [4.78, 5) is 12.7. The molecule has 1 aliphatic rings. The fourth-order valence-electron chi connectivity index (χ4n) is 1.43. The van der Waals surface area contributed by atoms with E-state index in [1.54, 1.807) is 19.0 Å². The number of likely N-dealkylation sites (N-methyl/N-ethyl adjacent to an activating group) is 1. The molecule has 0 bridgehead atoms. The molecule has 1 fully saturated rings. The van der Waals surface area contributed by atoms with Crippen LogP contribution >= 0.6 is 0 Å². The van der Waals surface area contributed by atoms with Gasteiger partial charge in [-0.1, -0.05) is 0 Å². The summed E-state index contributed by atoms with van der Waals surface area (Å²) < 4.78 is 0. The Balaban J connectivity index is 2.79. The molecule has 0 spiro atoms. The Labute approximate surface area is 66.2 Å². The number of aliphatic carboxylic acids is 1. The molecule has 0 aromatic heterocycles. The Morgan fingerprint density at radius 3 is 2.45 bits per heavy atom. The highest BCUT2D eigenvalue weighted by molar-refractivity contribution is 5.79. The molecule has 4 nitrogen and oxygen atoms in total. The first-order valence-corrected chi connectivity index (χ1v) is 3.71. The summed E-state index contributed by atoms with van der Waals surface area (Å²) in [5, 5.41) is 12.0. The number of nitrogens with one attached hydrogen (secondary N) is 1. The van der Waals surface area contributed by atoms with E-state index in [-0.39, 0.29) is 0 Å². The van der Waals surface area contributed by atoms with E-state index in [1.807, 2.05) is 0 Å². The third-order valence-corrected chi connectivity index (χ3v) is 2.39. The van der Waals surface area contributed by atoms with Crippen LogP contribution in [0.25, 0.3) is 0 Å². The van der Waals surface area contributed by atoms with Crippen LogP contribution in [0.3, 0.4) is 0 Å². The molecule has 0 aliphatic carbocycles. The molecule has 0 aromatic carbocycles. The van der Waals surface area contributed by atoms with Gasteiger partial charge in [-0.15, -0.1) is 0 Å². The number of carboxylic acids is 1. The predicted molar refractivity (Wildman–Crippen MR) is 41.5 cm³/mol. The quantitative estimate of drug-likeness (QED) is 0.561.